The molecule has 27 heavy (non-hydrogen) atoms. The Morgan fingerprint density at radius 2 is 1.96 bits per heavy atom. The first kappa shape index (κ1) is 18.8. The third-order valence-corrected chi connectivity index (χ3v) is 4.24. The molecule has 7 nitrogen and oxygen atoms in total. The number of ether oxygens (including phenoxy) is 1. The van der Waals surface area contributed by atoms with Crippen LogP contribution in [0.25, 0.3) is 11.4 Å². The van der Waals surface area contributed by atoms with Crippen LogP contribution in [0.15, 0.2) is 42.5 Å². The van der Waals surface area contributed by atoms with Gasteiger partial charge in [0.15, 0.2) is 0 Å². The zero-order chi connectivity index (χ0) is 19.4. The van der Waals surface area contributed by atoms with Crippen molar-refractivity contribution in [1.29, 1.82) is 0 Å². The lowest BCUT2D eigenvalue weighted by atomic mass is 10.0. The number of halogens is 1. The molecule has 3 aromatic rings. The molecule has 0 atom stereocenters. The normalized spacial score (nSPS) is 10.9. The van der Waals surface area contributed by atoms with Gasteiger partial charge in [0.05, 0.1) is 12.8 Å². The number of benzene rings is 2. The fraction of sp³-hybridized carbons (Fsp3) is 0.263. The molecule has 140 valence electrons. The second-order valence-corrected chi connectivity index (χ2v) is 6.75. The number of methoxy groups -OCH3 is 1. The predicted octanol–water partition coefficient (Wildman–Crippen LogP) is 3.76. The maximum absolute atomic E-state index is 12.3. The lowest BCUT2D eigenvalue weighted by molar-refractivity contribution is -0.117. The molecule has 0 unspecified atom stereocenters. The second kappa shape index (κ2) is 8.18. The first-order chi connectivity index (χ1) is 13.0. The Hall–Kier alpha value is -2.93. The van der Waals surface area contributed by atoms with E-state index < -0.39 is 0 Å². The molecule has 0 bridgehead atoms. The summed E-state index contributed by atoms with van der Waals surface area (Å²) < 4.78 is 5.22. The van der Waals surface area contributed by atoms with Gasteiger partial charge in [-0.1, -0.05) is 49.7 Å². The fourth-order valence-corrected chi connectivity index (χ4v) is 2.71. The largest absolute Gasteiger partial charge is 0.495 e. The van der Waals surface area contributed by atoms with E-state index in [1.807, 2.05) is 24.3 Å². The lowest BCUT2D eigenvalue weighted by Gasteiger charge is -2.10. The zero-order valence-electron chi connectivity index (χ0n) is 15.3. The van der Waals surface area contributed by atoms with Gasteiger partial charge in [-0.2, -0.15) is 4.80 Å². The Bertz CT molecular complexity index is 938. The second-order valence-electron chi connectivity index (χ2n) is 6.31. The van der Waals surface area contributed by atoms with Gasteiger partial charge in [0.1, 0.15) is 12.3 Å². The van der Waals surface area contributed by atoms with E-state index in [0.29, 0.717) is 28.2 Å². The molecular weight excluding hydrogens is 366 g/mol. The van der Waals surface area contributed by atoms with Crippen LogP contribution in [0.5, 0.6) is 5.75 Å². The van der Waals surface area contributed by atoms with Crippen LogP contribution in [0, 0.1) is 0 Å². The van der Waals surface area contributed by atoms with Gasteiger partial charge in [-0.05, 0) is 34.9 Å². The molecule has 0 fully saturated rings. The Balaban J connectivity index is 1.68. The number of carbonyl (C=O) groups is 1. The van der Waals surface area contributed by atoms with Crippen LogP contribution < -0.4 is 10.1 Å². The standard InChI is InChI=1S/C19H20ClN5O2/c1-12(2)13-4-6-14(7-5-13)19-22-24-25(23-19)11-18(26)21-16-10-15(20)8-9-17(16)27-3/h4-10,12H,11H2,1-3H3,(H,21,26). The summed E-state index contributed by atoms with van der Waals surface area (Å²) in [5.41, 5.74) is 2.57. The van der Waals surface area contributed by atoms with E-state index in [0.717, 1.165) is 5.56 Å². The SMILES string of the molecule is COc1ccc(Cl)cc1NC(=O)Cn1nnc(-c2ccc(C(C)C)cc2)n1. The number of anilines is 1. The first-order valence-corrected chi connectivity index (χ1v) is 8.85. The van der Waals surface area contributed by atoms with Gasteiger partial charge in [0.25, 0.3) is 0 Å². The van der Waals surface area contributed by atoms with Crippen molar-refractivity contribution in [1.82, 2.24) is 20.2 Å². The molecule has 0 saturated carbocycles. The Morgan fingerprint density at radius 1 is 1.22 bits per heavy atom. The maximum Gasteiger partial charge on any atom is 0.248 e. The van der Waals surface area contributed by atoms with Gasteiger partial charge in [-0.3, -0.25) is 4.79 Å². The van der Waals surface area contributed by atoms with Crippen molar-refractivity contribution in [2.24, 2.45) is 0 Å². The van der Waals surface area contributed by atoms with Gasteiger partial charge in [-0.25, -0.2) is 0 Å². The average Bonchev–Trinajstić information content (AvgIpc) is 3.10. The molecule has 1 amide bonds. The number of tetrazole rings is 1. The summed E-state index contributed by atoms with van der Waals surface area (Å²) >= 11 is 5.97. The van der Waals surface area contributed by atoms with Crippen LogP contribution in [-0.4, -0.2) is 33.2 Å². The van der Waals surface area contributed by atoms with Crippen molar-refractivity contribution in [3.05, 3.63) is 53.1 Å². The number of nitrogens with zero attached hydrogens (tertiary/aromatic N) is 4. The molecular formula is C19H20ClN5O2. The van der Waals surface area contributed by atoms with Gasteiger partial charge in [0, 0.05) is 10.6 Å². The lowest BCUT2D eigenvalue weighted by Crippen LogP contribution is -2.20. The Labute approximate surface area is 162 Å². The van der Waals surface area contributed by atoms with Crippen molar-refractivity contribution in [2.75, 3.05) is 12.4 Å². The van der Waals surface area contributed by atoms with Crippen molar-refractivity contribution >= 4 is 23.2 Å². The highest BCUT2D eigenvalue weighted by molar-refractivity contribution is 6.31. The van der Waals surface area contributed by atoms with Crippen LogP contribution in [0.1, 0.15) is 25.3 Å². The van der Waals surface area contributed by atoms with Crippen LogP contribution in [0.3, 0.4) is 0 Å². The molecule has 1 N–H and O–H groups in total. The van der Waals surface area contributed by atoms with Crippen LogP contribution in [0.2, 0.25) is 5.02 Å². The number of nitrogens with one attached hydrogen (secondary N) is 1. The maximum atomic E-state index is 12.3. The molecule has 0 aliphatic rings. The third kappa shape index (κ3) is 4.62. The van der Waals surface area contributed by atoms with Crippen molar-refractivity contribution < 1.29 is 9.53 Å². The zero-order valence-corrected chi connectivity index (χ0v) is 16.1. The molecule has 3 rings (SSSR count). The van der Waals surface area contributed by atoms with Crippen LogP contribution in [0.4, 0.5) is 5.69 Å². The van der Waals surface area contributed by atoms with E-state index in [1.54, 1.807) is 18.2 Å². The number of amides is 1. The summed E-state index contributed by atoms with van der Waals surface area (Å²) in [6.07, 6.45) is 0. The smallest absolute Gasteiger partial charge is 0.248 e. The van der Waals surface area contributed by atoms with E-state index in [1.165, 1.54) is 17.5 Å². The van der Waals surface area contributed by atoms with Crippen molar-refractivity contribution in [3.8, 4) is 17.1 Å². The number of hydrogen-bond acceptors (Lipinski definition) is 5. The van der Waals surface area contributed by atoms with E-state index in [9.17, 15) is 4.79 Å². The van der Waals surface area contributed by atoms with E-state index in [-0.39, 0.29) is 12.5 Å². The Morgan fingerprint density at radius 3 is 2.63 bits per heavy atom. The molecule has 0 aliphatic heterocycles. The predicted molar refractivity (Wildman–Crippen MR) is 104 cm³/mol. The first-order valence-electron chi connectivity index (χ1n) is 8.48. The van der Waals surface area contributed by atoms with Crippen LogP contribution in [-0.2, 0) is 11.3 Å². The van der Waals surface area contributed by atoms with E-state index >= 15 is 0 Å². The van der Waals surface area contributed by atoms with Gasteiger partial charge >= 0.3 is 0 Å². The topological polar surface area (TPSA) is 81.9 Å². The summed E-state index contributed by atoms with van der Waals surface area (Å²) in [5, 5.41) is 15.5. The minimum absolute atomic E-state index is 0.0766. The molecule has 0 spiro atoms. The summed E-state index contributed by atoms with van der Waals surface area (Å²) in [6, 6.07) is 13.0. The molecule has 1 heterocycles. The number of carbonyl (C=O) groups excluding carboxylic acids is 1. The van der Waals surface area contributed by atoms with Crippen LogP contribution >= 0.6 is 11.6 Å². The fourth-order valence-electron chi connectivity index (χ4n) is 2.54. The molecule has 0 saturated heterocycles. The summed E-state index contributed by atoms with van der Waals surface area (Å²) in [6.45, 7) is 4.20. The highest BCUT2D eigenvalue weighted by atomic mass is 35.5. The molecule has 2 aromatic carbocycles. The summed E-state index contributed by atoms with van der Waals surface area (Å²) in [5.74, 6) is 1.13. The van der Waals surface area contributed by atoms with E-state index in [4.69, 9.17) is 16.3 Å². The van der Waals surface area contributed by atoms with Crippen molar-refractivity contribution in [2.45, 2.75) is 26.3 Å². The number of hydrogen-bond donors (Lipinski definition) is 1. The highest BCUT2D eigenvalue weighted by Crippen LogP contribution is 2.27. The number of aromatic nitrogens is 4. The van der Waals surface area contributed by atoms with Crippen molar-refractivity contribution in [3.63, 3.8) is 0 Å². The minimum Gasteiger partial charge on any atom is -0.495 e. The molecule has 8 heteroatoms. The number of rotatable bonds is 6. The van der Waals surface area contributed by atoms with Gasteiger partial charge in [-0.15, -0.1) is 10.2 Å². The van der Waals surface area contributed by atoms with E-state index in [2.05, 4.69) is 34.6 Å². The summed E-state index contributed by atoms with van der Waals surface area (Å²) in [4.78, 5) is 13.5. The third-order valence-electron chi connectivity index (χ3n) is 4.01. The van der Waals surface area contributed by atoms with Gasteiger partial charge in [0.2, 0.25) is 11.7 Å². The minimum atomic E-state index is -0.310. The van der Waals surface area contributed by atoms with Gasteiger partial charge < -0.3 is 10.1 Å². The molecule has 0 aliphatic carbocycles. The monoisotopic (exact) mass is 385 g/mol. The highest BCUT2D eigenvalue weighted by Gasteiger charge is 2.12. The summed E-state index contributed by atoms with van der Waals surface area (Å²) in [7, 11) is 1.52. The molecule has 0 radical (unpaired) electrons. The molecule has 1 aromatic heterocycles. The quantitative estimate of drug-likeness (QED) is 0.698. The average molecular weight is 386 g/mol. The Kier molecular flexibility index (Phi) is 5.71.